The number of phosphoric acid groups is 1. The third kappa shape index (κ3) is 72.6. The molecule has 0 aromatic carbocycles. The molecule has 0 spiro atoms. The van der Waals surface area contributed by atoms with E-state index in [1.165, 1.54) is 154 Å². The molecule has 10 heteroatoms. The first-order chi connectivity index (χ1) is 43.8. The number of nitrogens with two attached hydrogens (primary N) is 1. The monoisotopic (exact) mass is 1250 g/mol. The molecule has 0 radical (unpaired) electrons. The third-order valence-electron chi connectivity index (χ3n) is 14.9. The van der Waals surface area contributed by atoms with Crippen LogP contribution in [0, 0.1) is 0 Å². The third-order valence-corrected chi connectivity index (χ3v) is 15.9. The molecule has 0 aromatic heterocycles. The fourth-order valence-electron chi connectivity index (χ4n) is 9.69. The molecule has 0 aliphatic carbocycles. The average Bonchev–Trinajstić information content (AvgIpc) is 3.68. The SMILES string of the molecule is CC/C=C\C/C=C\C/C=C\C/C=C\C/C=C\C/C=C\C/C=C\C/C=C\C/C=C\CCCC(=O)OC(COC(=O)CCCCCCCCCCCCCCCCCCCCCCCCCCCC/C=C\C/C=C\C/C=C\C/C=C\CC)COP(=O)(O)OCCN. The van der Waals surface area contributed by atoms with Gasteiger partial charge in [0.25, 0.3) is 0 Å². The second-order valence-corrected chi connectivity index (χ2v) is 24.8. The van der Waals surface area contributed by atoms with E-state index in [2.05, 4.69) is 166 Å². The Hall–Kier alpha value is -4.37. The Bertz CT molecular complexity index is 2020. The van der Waals surface area contributed by atoms with Crippen LogP contribution < -0.4 is 5.73 Å². The summed E-state index contributed by atoms with van der Waals surface area (Å²) in [7, 11) is -4.42. The van der Waals surface area contributed by atoms with Crippen LogP contribution in [-0.2, 0) is 32.7 Å². The van der Waals surface area contributed by atoms with E-state index >= 15 is 0 Å². The van der Waals surface area contributed by atoms with Gasteiger partial charge in [0.15, 0.2) is 6.10 Å². The Morgan fingerprint density at radius 3 is 0.899 bits per heavy atom. The number of ether oxygens (including phenoxy) is 2. The normalized spacial score (nSPS) is 13.9. The zero-order chi connectivity index (χ0) is 64.4. The quantitative estimate of drug-likeness (QED) is 0.0264. The predicted octanol–water partition coefficient (Wildman–Crippen LogP) is 24.0. The Morgan fingerprint density at radius 1 is 0.337 bits per heavy atom. The fraction of sp³-hybridized carbons (Fsp3) is 0.646. The van der Waals surface area contributed by atoms with Gasteiger partial charge < -0.3 is 20.1 Å². The average molecular weight is 1250 g/mol. The van der Waals surface area contributed by atoms with Gasteiger partial charge in [0.2, 0.25) is 0 Å². The molecule has 0 saturated carbocycles. The van der Waals surface area contributed by atoms with Crippen molar-refractivity contribution in [3.63, 3.8) is 0 Å². The van der Waals surface area contributed by atoms with Crippen LogP contribution in [0.1, 0.15) is 296 Å². The molecule has 0 fully saturated rings. The number of hydrogen-bond donors (Lipinski definition) is 2. The summed E-state index contributed by atoms with van der Waals surface area (Å²) in [5.41, 5.74) is 5.40. The van der Waals surface area contributed by atoms with Crippen molar-refractivity contribution in [3.8, 4) is 0 Å². The van der Waals surface area contributed by atoms with E-state index in [1.54, 1.807) is 0 Å². The Morgan fingerprint density at radius 2 is 0.596 bits per heavy atom. The number of rotatable bonds is 66. The van der Waals surface area contributed by atoms with Crippen molar-refractivity contribution in [2.24, 2.45) is 5.73 Å². The summed E-state index contributed by atoms with van der Waals surface area (Å²) < 4.78 is 33.1. The first-order valence-electron chi connectivity index (χ1n) is 36.0. The van der Waals surface area contributed by atoms with E-state index in [0.717, 1.165) is 103 Å². The second kappa shape index (κ2) is 72.7. The number of carbonyl (C=O) groups is 2. The van der Waals surface area contributed by atoms with Crippen molar-refractivity contribution in [2.45, 2.75) is 302 Å². The number of esters is 2. The zero-order valence-electron chi connectivity index (χ0n) is 56.9. The van der Waals surface area contributed by atoms with Crippen LogP contribution in [0.5, 0.6) is 0 Å². The van der Waals surface area contributed by atoms with Crippen LogP contribution >= 0.6 is 7.82 Å². The lowest BCUT2D eigenvalue weighted by molar-refractivity contribution is -0.161. The van der Waals surface area contributed by atoms with Crippen LogP contribution in [0.4, 0.5) is 0 Å². The van der Waals surface area contributed by atoms with Crippen molar-refractivity contribution in [1.82, 2.24) is 0 Å². The Balaban J connectivity index is 3.92. The molecule has 0 saturated heterocycles. The molecule has 3 N–H and O–H groups in total. The lowest BCUT2D eigenvalue weighted by Crippen LogP contribution is -2.29. The molecule has 0 bridgehead atoms. The van der Waals surface area contributed by atoms with Gasteiger partial charge in [-0.1, -0.05) is 326 Å². The lowest BCUT2D eigenvalue weighted by Gasteiger charge is -2.19. The van der Waals surface area contributed by atoms with Gasteiger partial charge in [-0.3, -0.25) is 18.6 Å². The standard InChI is InChI=1S/C79H132NO8P/c1-3-5-7-9-11-13-15-17-19-21-23-25-27-29-31-33-34-35-36-37-38-39-40-41-42-44-45-47-49-51-53-55-57-59-61-63-65-67-69-71-78(81)85-75-77(76-87-89(83,84)86-74-73-80)88-79(82)72-70-68-66-64-62-60-58-56-54-52-50-48-46-43-32-30-28-26-24-22-20-18-16-14-12-10-8-6-4-2/h5-8,11-14,17-20,23-26,30,32,46,48,52,54,58,60,64,66,77H,3-4,9-10,15-16,21-22,27-29,31,33-45,47,49-51,53,55-57,59,61-63,65,67-76,80H2,1-2H3,(H,83,84)/b7-5-,8-6-,13-11-,14-12-,19-17-,20-18-,25-23-,26-24-,32-30-,48-46-,54-52-,60-58-,66-64-. The molecule has 2 atom stereocenters. The number of carbonyl (C=O) groups excluding carboxylic acids is 2. The van der Waals surface area contributed by atoms with Gasteiger partial charge in [0.05, 0.1) is 13.2 Å². The topological polar surface area (TPSA) is 134 Å². The summed E-state index contributed by atoms with van der Waals surface area (Å²) in [6, 6.07) is 0. The van der Waals surface area contributed by atoms with E-state index in [0.29, 0.717) is 12.8 Å². The summed E-state index contributed by atoms with van der Waals surface area (Å²) in [4.78, 5) is 35.3. The molecule has 89 heavy (non-hydrogen) atoms. The van der Waals surface area contributed by atoms with Crippen molar-refractivity contribution in [2.75, 3.05) is 26.4 Å². The highest BCUT2D eigenvalue weighted by Gasteiger charge is 2.26. The largest absolute Gasteiger partial charge is 0.472 e. The van der Waals surface area contributed by atoms with Gasteiger partial charge in [-0.05, 0) is 116 Å². The van der Waals surface area contributed by atoms with Gasteiger partial charge in [-0.25, -0.2) is 4.57 Å². The van der Waals surface area contributed by atoms with Crippen LogP contribution in [0.2, 0.25) is 0 Å². The van der Waals surface area contributed by atoms with Crippen LogP contribution in [0.25, 0.3) is 0 Å². The minimum Gasteiger partial charge on any atom is -0.462 e. The van der Waals surface area contributed by atoms with Crippen LogP contribution in [0.15, 0.2) is 158 Å². The zero-order valence-corrected chi connectivity index (χ0v) is 57.8. The summed E-state index contributed by atoms with van der Waals surface area (Å²) >= 11 is 0. The smallest absolute Gasteiger partial charge is 0.462 e. The highest BCUT2D eigenvalue weighted by molar-refractivity contribution is 7.47. The fourth-order valence-corrected chi connectivity index (χ4v) is 10.5. The lowest BCUT2D eigenvalue weighted by atomic mass is 10.0. The van der Waals surface area contributed by atoms with Crippen LogP contribution in [0.3, 0.4) is 0 Å². The maximum absolute atomic E-state index is 12.7. The number of allylic oxidation sites excluding steroid dienone is 26. The summed E-state index contributed by atoms with van der Waals surface area (Å²) in [6.07, 6.45) is 107. The minimum atomic E-state index is -4.42. The van der Waals surface area contributed by atoms with Crippen molar-refractivity contribution >= 4 is 19.8 Å². The van der Waals surface area contributed by atoms with E-state index in [9.17, 15) is 19.0 Å². The molecule has 0 aliphatic heterocycles. The van der Waals surface area contributed by atoms with Crippen molar-refractivity contribution in [1.29, 1.82) is 0 Å². The van der Waals surface area contributed by atoms with E-state index < -0.39 is 32.5 Å². The first-order valence-corrected chi connectivity index (χ1v) is 37.5. The maximum atomic E-state index is 12.7. The van der Waals surface area contributed by atoms with E-state index in [4.69, 9.17) is 24.3 Å². The Labute approximate surface area is 547 Å². The molecule has 0 heterocycles. The number of phosphoric ester groups is 1. The van der Waals surface area contributed by atoms with Crippen LogP contribution in [-0.4, -0.2) is 49.3 Å². The molecular formula is C79H132NO8P. The summed E-state index contributed by atoms with van der Waals surface area (Å²) in [5, 5.41) is 0. The summed E-state index contributed by atoms with van der Waals surface area (Å²) in [6.45, 7) is 3.46. The molecular weight excluding hydrogens is 1120 g/mol. The predicted molar refractivity (Wildman–Crippen MR) is 385 cm³/mol. The number of unbranched alkanes of at least 4 members (excludes halogenated alkanes) is 27. The van der Waals surface area contributed by atoms with E-state index in [-0.39, 0.29) is 32.6 Å². The van der Waals surface area contributed by atoms with E-state index in [1.807, 2.05) is 6.08 Å². The molecule has 506 valence electrons. The first kappa shape index (κ1) is 84.6. The van der Waals surface area contributed by atoms with Gasteiger partial charge in [0, 0.05) is 19.4 Å². The highest BCUT2D eigenvalue weighted by Crippen LogP contribution is 2.43. The summed E-state index contributed by atoms with van der Waals surface area (Å²) in [5.74, 6) is -0.898. The second-order valence-electron chi connectivity index (χ2n) is 23.3. The Kier molecular flexibility index (Phi) is 69.1. The molecule has 0 rings (SSSR count). The molecule has 0 amide bonds. The minimum absolute atomic E-state index is 0.0377. The van der Waals surface area contributed by atoms with Gasteiger partial charge in [-0.15, -0.1) is 0 Å². The molecule has 0 aromatic rings. The van der Waals surface area contributed by atoms with Gasteiger partial charge >= 0.3 is 19.8 Å². The van der Waals surface area contributed by atoms with Crippen molar-refractivity contribution < 1.29 is 37.6 Å². The van der Waals surface area contributed by atoms with Crippen molar-refractivity contribution in [3.05, 3.63) is 158 Å². The molecule has 0 aliphatic rings. The van der Waals surface area contributed by atoms with Gasteiger partial charge in [0.1, 0.15) is 6.61 Å². The molecule has 2 unspecified atom stereocenters. The van der Waals surface area contributed by atoms with Gasteiger partial charge in [-0.2, -0.15) is 0 Å². The highest BCUT2D eigenvalue weighted by atomic mass is 31.2. The molecule has 9 nitrogen and oxygen atoms in total. The number of hydrogen-bond acceptors (Lipinski definition) is 8. The maximum Gasteiger partial charge on any atom is 0.472 e.